The summed E-state index contributed by atoms with van der Waals surface area (Å²) in [6.07, 6.45) is 2.40. The van der Waals surface area contributed by atoms with Crippen molar-refractivity contribution in [2.75, 3.05) is 11.9 Å². The zero-order valence-electron chi connectivity index (χ0n) is 11.3. The maximum Gasteiger partial charge on any atom is 0.257 e. The molecule has 1 aromatic carbocycles. The van der Waals surface area contributed by atoms with Gasteiger partial charge in [-0.05, 0) is 37.1 Å². The number of nitrogens with one attached hydrogen (secondary N) is 1. The van der Waals surface area contributed by atoms with E-state index in [4.69, 9.17) is 5.11 Å². The Morgan fingerprint density at radius 2 is 2.14 bits per heavy atom. The summed E-state index contributed by atoms with van der Waals surface area (Å²) in [6.45, 7) is -0.171. The Morgan fingerprint density at radius 3 is 2.81 bits per heavy atom. The van der Waals surface area contributed by atoms with Gasteiger partial charge in [-0.2, -0.15) is 0 Å². The lowest BCUT2D eigenvalue weighted by Crippen LogP contribution is -2.11. The average Bonchev–Trinajstić information content (AvgIpc) is 3.26. The van der Waals surface area contributed by atoms with Crippen molar-refractivity contribution in [1.29, 1.82) is 0 Å². The second-order valence-corrected chi connectivity index (χ2v) is 5.70. The number of hydrogen-bond acceptors (Lipinski definition) is 4. The van der Waals surface area contributed by atoms with Gasteiger partial charge in [0.1, 0.15) is 6.61 Å². The minimum atomic E-state index is -0.173. The van der Waals surface area contributed by atoms with Crippen LogP contribution in [-0.2, 0) is 0 Å². The number of nitrogens with zero attached hydrogens (tertiary/aromatic N) is 1. The lowest BCUT2D eigenvalue weighted by atomic mass is 10.1. The normalized spacial score (nSPS) is 13.4. The Morgan fingerprint density at radius 1 is 1.38 bits per heavy atom. The van der Waals surface area contributed by atoms with Gasteiger partial charge in [0.15, 0.2) is 5.13 Å². The van der Waals surface area contributed by atoms with Crippen LogP contribution in [0.15, 0.2) is 29.6 Å². The third-order valence-electron chi connectivity index (χ3n) is 3.20. The predicted octanol–water partition coefficient (Wildman–Crippen LogP) is 2.62. The van der Waals surface area contributed by atoms with Crippen molar-refractivity contribution in [1.82, 2.24) is 4.98 Å². The van der Waals surface area contributed by atoms with Crippen LogP contribution in [0.3, 0.4) is 0 Å². The van der Waals surface area contributed by atoms with Crippen molar-refractivity contribution in [3.63, 3.8) is 0 Å². The Labute approximate surface area is 126 Å². The SMILES string of the molecule is O=C(Nc1nc(C2CC2)cs1)c1ccc(C#CCO)cc1. The fourth-order valence-corrected chi connectivity index (χ4v) is 2.71. The number of aliphatic hydroxyl groups excluding tert-OH is 1. The molecule has 0 unspecified atom stereocenters. The number of aromatic nitrogens is 1. The van der Waals surface area contributed by atoms with Gasteiger partial charge in [-0.1, -0.05) is 11.8 Å². The highest BCUT2D eigenvalue weighted by atomic mass is 32.1. The van der Waals surface area contributed by atoms with Gasteiger partial charge in [0.2, 0.25) is 0 Å². The van der Waals surface area contributed by atoms with Gasteiger partial charge in [-0.3, -0.25) is 10.1 Å². The van der Waals surface area contributed by atoms with Crippen LogP contribution in [0.4, 0.5) is 5.13 Å². The molecular weight excluding hydrogens is 284 g/mol. The number of aliphatic hydroxyl groups is 1. The Kier molecular flexibility index (Phi) is 4.00. The molecule has 0 aliphatic heterocycles. The standard InChI is InChI=1S/C16H14N2O2S/c19-9-1-2-11-3-5-13(6-4-11)15(20)18-16-17-14(10-21-16)12-7-8-12/h3-6,10,12,19H,7-9H2,(H,17,18,20). The van der Waals surface area contributed by atoms with Gasteiger partial charge in [0.25, 0.3) is 5.91 Å². The zero-order valence-corrected chi connectivity index (χ0v) is 12.1. The van der Waals surface area contributed by atoms with Crippen LogP contribution >= 0.6 is 11.3 Å². The van der Waals surface area contributed by atoms with Crippen LogP contribution in [-0.4, -0.2) is 22.6 Å². The summed E-state index contributed by atoms with van der Waals surface area (Å²) in [4.78, 5) is 16.5. The van der Waals surface area contributed by atoms with E-state index in [1.807, 2.05) is 5.38 Å². The van der Waals surface area contributed by atoms with Crippen molar-refractivity contribution < 1.29 is 9.90 Å². The first-order valence-corrected chi connectivity index (χ1v) is 7.61. The highest BCUT2D eigenvalue weighted by Gasteiger charge is 2.26. The molecule has 1 amide bonds. The Balaban J connectivity index is 1.66. The second-order valence-electron chi connectivity index (χ2n) is 4.84. The number of rotatable bonds is 3. The third-order valence-corrected chi connectivity index (χ3v) is 3.97. The number of benzene rings is 1. The second kappa shape index (κ2) is 6.08. The fourth-order valence-electron chi connectivity index (χ4n) is 1.93. The van der Waals surface area contributed by atoms with Crippen LogP contribution in [0.25, 0.3) is 0 Å². The summed E-state index contributed by atoms with van der Waals surface area (Å²) in [5.74, 6) is 5.78. The van der Waals surface area contributed by atoms with Crippen LogP contribution in [0, 0.1) is 11.8 Å². The molecule has 0 atom stereocenters. The average molecular weight is 298 g/mol. The maximum atomic E-state index is 12.1. The van der Waals surface area contributed by atoms with Crippen molar-refractivity contribution in [3.8, 4) is 11.8 Å². The minimum absolute atomic E-state index is 0.171. The molecule has 2 aromatic rings. The van der Waals surface area contributed by atoms with Crippen LogP contribution in [0.1, 0.15) is 40.4 Å². The van der Waals surface area contributed by atoms with E-state index in [9.17, 15) is 4.79 Å². The highest BCUT2D eigenvalue weighted by molar-refractivity contribution is 7.14. The largest absolute Gasteiger partial charge is 0.384 e. The molecule has 0 saturated heterocycles. The van der Waals surface area contributed by atoms with E-state index < -0.39 is 0 Å². The molecule has 3 rings (SSSR count). The first-order chi connectivity index (χ1) is 10.3. The lowest BCUT2D eigenvalue weighted by molar-refractivity contribution is 0.102. The molecule has 1 fully saturated rings. The van der Waals surface area contributed by atoms with E-state index in [2.05, 4.69) is 22.1 Å². The summed E-state index contributed by atoms with van der Waals surface area (Å²) in [7, 11) is 0. The van der Waals surface area contributed by atoms with Gasteiger partial charge in [-0.15, -0.1) is 11.3 Å². The van der Waals surface area contributed by atoms with Crippen molar-refractivity contribution in [2.24, 2.45) is 0 Å². The smallest absolute Gasteiger partial charge is 0.257 e. The van der Waals surface area contributed by atoms with E-state index in [1.54, 1.807) is 24.3 Å². The molecule has 5 heteroatoms. The number of anilines is 1. The topological polar surface area (TPSA) is 62.2 Å². The number of amides is 1. The van der Waals surface area contributed by atoms with E-state index in [0.717, 1.165) is 11.3 Å². The van der Waals surface area contributed by atoms with E-state index >= 15 is 0 Å². The number of carbonyl (C=O) groups excluding carboxylic acids is 1. The summed E-state index contributed by atoms with van der Waals surface area (Å²) in [6, 6.07) is 6.95. The summed E-state index contributed by atoms with van der Waals surface area (Å²) in [5.41, 5.74) is 2.42. The summed E-state index contributed by atoms with van der Waals surface area (Å²) >= 11 is 1.46. The summed E-state index contributed by atoms with van der Waals surface area (Å²) in [5, 5.41) is 14.1. The molecule has 1 aliphatic carbocycles. The molecule has 2 N–H and O–H groups in total. The van der Waals surface area contributed by atoms with E-state index in [0.29, 0.717) is 16.6 Å². The predicted molar refractivity (Wildman–Crippen MR) is 82.4 cm³/mol. The first-order valence-electron chi connectivity index (χ1n) is 6.73. The van der Waals surface area contributed by atoms with E-state index in [-0.39, 0.29) is 12.5 Å². The maximum absolute atomic E-state index is 12.1. The number of carbonyl (C=O) groups is 1. The third kappa shape index (κ3) is 3.48. The van der Waals surface area contributed by atoms with Gasteiger partial charge in [0.05, 0.1) is 5.69 Å². The summed E-state index contributed by atoms with van der Waals surface area (Å²) < 4.78 is 0. The van der Waals surface area contributed by atoms with Crippen LogP contribution < -0.4 is 5.32 Å². The molecule has 21 heavy (non-hydrogen) atoms. The van der Waals surface area contributed by atoms with Gasteiger partial charge >= 0.3 is 0 Å². The van der Waals surface area contributed by atoms with Crippen LogP contribution in [0.2, 0.25) is 0 Å². The molecule has 0 bridgehead atoms. The molecule has 1 saturated carbocycles. The monoisotopic (exact) mass is 298 g/mol. The Hall–Kier alpha value is -2.16. The molecular formula is C16H14N2O2S. The molecule has 1 aliphatic rings. The molecule has 1 heterocycles. The minimum Gasteiger partial charge on any atom is -0.384 e. The highest BCUT2D eigenvalue weighted by Crippen LogP contribution is 2.40. The molecule has 0 spiro atoms. The van der Waals surface area contributed by atoms with Gasteiger partial charge in [0, 0.05) is 22.4 Å². The van der Waals surface area contributed by atoms with Crippen molar-refractivity contribution >= 4 is 22.4 Å². The number of thiazole rings is 1. The molecule has 0 radical (unpaired) electrons. The van der Waals surface area contributed by atoms with Gasteiger partial charge < -0.3 is 5.11 Å². The first kappa shape index (κ1) is 13.8. The van der Waals surface area contributed by atoms with Gasteiger partial charge in [-0.25, -0.2) is 4.98 Å². The Bertz CT molecular complexity index is 706. The molecule has 4 nitrogen and oxygen atoms in total. The lowest BCUT2D eigenvalue weighted by Gasteiger charge is -2.01. The van der Waals surface area contributed by atoms with Crippen molar-refractivity contribution in [2.45, 2.75) is 18.8 Å². The fraction of sp³-hybridized carbons (Fsp3) is 0.250. The zero-order chi connectivity index (χ0) is 14.7. The quantitative estimate of drug-likeness (QED) is 0.856. The number of hydrogen-bond donors (Lipinski definition) is 2. The van der Waals surface area contributed by atoms with E-state index in [1.165, 1.54) is 24.2 Å². The molecule has 106 valence electrons. The molecule has 1 aromatic heterocycles. The van der Waals surface area contributed by atoms with Crippen molar-refractivity contribution in [3.05, 3.63) is 46.5 Å². The van der Waals surface area contributed by atoms with Crippen LogP contribution in [0.5, 0.6) is 0 Å².